The van der Waals surface area contributed by atoms with Crippen LogP contribution in [0.5, 0.6) is 5.88 Å². The number of H-pyrrole nitrogens is 1. The zero-order chi connectivity index (χ0) is 13.6. The molecule has 1 aromatic heterocycles. The minimum absolute atomic E-state index is 0.0365. The fourth-order valence-corrected chi connectivity index (χ4v) is 2.35. The van der Waals surface area contributed by atoms with Crippen LogP contribution in [0.1, 0.15) is 18.9 Å². The van der Waals surface area contributed by atoms with Gasteiger partial charge in [0, 0.05) is 16.6 Å². The van der Waals surface area contributed by atoms with Crippen LogP contribution in [-0.2, 0) is 0 Å². The predicted octanol–water partition coefficient (Wildman–Crippen LogP) is 1.90. The third kappa shape index (κ3) is 1.96. The minimum atomic E-state index is -0.632. The highest BCUT2D eigenvalue weighted by molar-refractivity contribution is 6.33. The zero-order valence-electron chi connectivity index (χ0n) is 9.89. The van der Waals surface area contributed by atoms with E-state index in [0.717, 1.165) is 12.8 Å². The smallest absolute Gasteiger partial charge is 0.331 e. The van der Waals surface area contributed by atoms with Crippen molar-refractivity contribution in [2.75, 3.05) is 0 Å². The molecule has 1 aliphatic rings. The lowest BCUT2D eigenvalue weighted by Gasteiger charge is -2.11. The maximum Gasteiger partial charge on any atom is 0.331 e. The third-order valence-corrected chi connectivity index (χ3v) is 3.50. The number of aromatic nitrogens is 2. The highest BCUT2D eigenvalue weighted by Crippen LogP contribution is 2.39. The van der Waals surface area contributed by atoms with Crippen molar-refractivity contribution >= 4 is 11.6 Å². The predicted molar refractivity (Wildman–Crippen MR) is 71.7 cm³/mol. The molecular weight excluding hydrogens is 268 g/mol. The van der Waals surface area contributed by atoms with E-state index in [1.54, 1.807) is 24.3 Å². The fourth-order valence-electron chi connectivity index (χ4n) is 2.12. The van der Waals surface area contributed by atoms with Crippen LogP contribution in [0.25, 0.3) is 11.1 Å². The van der Waals surface area contributed by atoms with E-state index >= 15 is 0 Å². The molecule has 0 unspecified atom stereocenters. The van der Waals surface area contributed by atoms with Crippen LogP contribution in [0.4, 0.5) is 0 Å². The van der Waals surface area contributed by atoms with Crippen molar-refractivity contribution in [3.8, 4) is 17.0 Å². The molecule has 1 fully saturated rings. The SMILES string of the molecule is O=c1[nH]c(=O)n(C2CC2)c(O)c1-c1ccccc1Cl. The van der Waals surface area contributed by atoms with Crippen molar-refractivity contribution in [3.05, 3.63) is 50.1 Å². The molecule has 0 aliphatic heterocycles. The Bertz CT molecular complexity index is 759. The summed E-state index contributed by atoms with van der Waals surface area (Å²) in [6, 6.07) is 6.67. The Hall–Kier alpha value is -2.01. The van der Waals surface area contributed by atoms with E-state index in [4.69, 9.17) is 11.6 Å². The lowest BCUT2D eigenvalue weighted by molar-refractivity contribution is 0.405. The monoisotopic (exact) mass is 278 g/mol. The summed E-state index contributed by atoms with van der Waals surface area (Å²) in [4.78, 5) is 25.9. The summed E-state index contributed by atoms with van der Waals surface area (Å²) in [6.45, 7) is 0. The lowest BCUT2D eigenvalue weighted by atomic mass is 10.1. The van der Waals surface area contributed by atoms with Crippen molar-refractivity contribution in [1.29, 1.82) is 0 Å². The van der Waals surface area contributed by atoms with Gasteiger partial charge in [-0.2, -0.15) is 0 Å². The Labute approximate surface area is 113 Å². The molecule has 2 N–H and O–H groups in total. The van der Waals surface area contributed by atoms with Crippen molar-refractivity contribution in [2.45, 2.75) is 18.9 Å². The van der Waals surface area contributed by atoms with Gasteiger partial charge in [-0.05, 0) is 18.9 Å². The normalized spacial score (nSPS) is 14.6. The molecule has 6 heteroatoms. The molecule has 1 heterocycles. The lowest BCUT2D eigenvalue weighted by Crippen LogP contribution is -2.30. The van der Waals surface area contributed by atoms with Crippen LogP contribution in [0.3, 0.4) is 0 Å². The van der Waals surface area contributed by atoms with Crippen LogP contribution in [0.15, 0.2) is 33.9 Å². The number of rotatable bonds is 2. The number of nitrogens with zero attached hydrogens (tertiary/aromatic N) is 1. The van der Waals surface area contributed by atoms with E-state index < -0.39 is 11.2 Å². The van der Waals surface area contributed by atoms with Gasteiger partial charge in [0.2, 0.25) is 5.88 Å². The van der Waals surface area contributed by atoms with E-state index in [2.05, 4.69) is 4.98 Å². The van der Waals surface area contributed by atoms with Gasteiger partial charge >= 0.3 is 5.69 Å². The summed E-state index contributed by atoms with van der Waals surface area (Å²) >= 11 is 6.04. The zero-order valence-corrected chi connectivity index (χ0v) is 10.6. The maximum absolute atomic E-state index is 11.9. The number of benzene rings is 1. The maximum atomic E-state index is 11.9. The molecule has 5 nitrogen and oxygen atoms in total. The molecule has 0 saturated heterocycles. The van der Waals surface area contributed by atoms with Gasteiger partial charge in [0.1, 0.15) is 5.56 Å². The van der Waals surface area contributed by atoms with E-state index in [0.29, 0.717) is 10.6 Å². The Balaban J connectivity index is 2.33. The van der Waals surface area contributed by atoms with Gasteiger partial charge < -0.3 is 5.11 Å². The van der Waals surface area contributed by atoms with Gasteiger partial charge in [-0.15, -0.1) is 0 Å². The second kappa shape index (κ2) is 4.28. The molecule has 2 aromatic rings. The molecule has 0 bridgehead atoms. The minimum Gasteiger partial charge on any atom is -0.494 e. The standard InChI is InChI=1S/C13H11ClN2O3/c14-9-4-2-1-3-8(9)10-11(17)15-13(19)16(12(10)18)7-5-6-7/h1-4,7,18H,5-6H2,(H,15,17,19). The van der Waals surface area contributed by atoms with Gasteiger partial charge in [0.15, 0.2) is 0 Å². The summed E-state index contributed by atoms with van der Waals surface area (Å²) in [5.74, 6) is -0.315. The van der Waals surface area contributed by atoms with Crippen molar-refractivity contribution in [3.63, 3.8) is 0 Å². The quantitative estimate of drug-likeness (QED) is 0.881. The van der Waals surface area contributed by atoms with Gasteiger partial charge in [-0.25, -0.2) is 4.79 Å². The van der Waals surface area contributed by atoms with Crippen LogP contribution in [0, 0.1) is 0 Å². The first kappa shape index (κ1) is 12.0. The second-order valence-corrected chi connectivity index (χ2v) is 4.95. The molecule has 1 aliphatic carbocycles. The summed E-state index contributed by atoms with van der Waals surface area (Å²) in [6.07, 6.45) is 1.64. The summed E-state index contributed by atoms with van der Waals surface area (Å²) in [5, 5.41) is 10.6. The topological polar surface area (TPSA) is 75.1 Å². The summed E-state index contributed by atoms with van der Waals surface area (Å²) < 4.78 is 1.22. The first-order valence-electron chi connectivity index (χ1n) is 5.92. The van der Waals surface area contributed by atoms with Gasteiger partial charge in [0.05, 0.1) is 0 Å². The number of halogens is 1. The number of hydrogen-bond donors (Lipinski definition) is 2. The molecule has 3 rings (SSSR count). The molecule has 0 spiro atoms. The third-order valence-electron chi connectivity index (χ3n) is 3.17. The first-order valence-corrected chi connectivity index (χ1v) is 6.30. The van der Waals surface area contributed by atoms with Gasteiger partial charge in [-0.1, -0.05) is 29.8 Å². The number of hydrogen-bond acceptors (Lipinski definition) is 3. The second-order valence-electron chi connectivity index (χ2n) is 4.54. The molecule has 0 amide bonds. The fraction of sp³-hybridized carbons (Fsp3) is 0.231. The van der Waals surface area contributed by atoms with E-state index in [1.165, 1.54) is 4.57 Å². The van der Waals surface area contributed by atoms with Crippen molar-refractivity contribution < 1.29 is 5.11 Å². The average molecular weight is 279 g/mol. The Morgan fingerprint density at radius 1 is 1.26 bits per heavy atom. The Kier molecular flexibility index (Phi) is 2.71. The highest BCUT2D eigenvalue weighted by atomic mass is 35.5. The largest absolute Gasteiger partial charge is 0.494 e. The molecular formula is C13H11ClN2O3. The molecule has 0 radical (unpaired) electrons. The number of aromatic hydroxyl groups is 1. The van der Waals surface area contributed by atoms with Crippen LogP contribution in [0.2, 0.25) is 5.02 Å². The number of aromatic amines is 1. The van der Waals surface area contributed by atoms with Crippen LogP contribution < -0.4 is 11.2 Å². The molecule has 1 aromatic carbocycles. The molecule has 98 valence electrons. The number of nitrogens with one attached hydrogen (secondary N) is 1. The van der Waals surface area contributed by atoms with Crippen LogP contribution >= 0.6 is 11.6 Å². The first-order chi connectivity index (χ1) is 9.09. The van der Waals surface area contributed by atoms with Gasteiger partial charge in [-0.3, -0.25) is 14.3 Å². The van der Waals surface area contributed by atoms with Gasteiger partial charge in [0.25, 0.3) is 5.56 Å². The Morgan fingerprint density at radius 2 is 1.95 bits per heavy atom. The Morgan fingerprint density at radius 3 is 2.58 bits per heavy atom. The molecule has 1 saturated carbocycles. The summed E-state index contributed by atoms with van der Waals surface area (Å²) in [5.41, 5.74) is -0.761. The summed E-state index contributed by atoms with van der Waals surface area (Å²) in [7, 11) is 0. The average Bonchev–Trinajstić information content (AvgIpc) is 3.15. The van der Waals surface area contributed by atoms with E-state index in [-0.39, 0.29) is 17.5 Å². The van der Waals surface area contributed by atoms with Crippen LogP contribution in [-0.4, -0.2) is 14.7 Å². The van der Waals surface area contributed by atoms with E-state index in [9.17, 15) is 14.7 Å². The van der Waals surface area contributed by atoms with Crippen molar-refractivity contribution in [2.24, 2.45) is 0 Å². The van der Waals surface area contributed by atoms with E-state index in [1.807, 2.05) is 0 Å². The van der Waals surface area contributed by atoms with Crippen molar-refractivity contribution in [1.82, 2.24) is 9.55 Å². The molecule has 19 heavy (non-hydrogen) atoms. The highest BCUT2D eigenvalue weighted by Gasteiger charge is 2.29. The molecule has 0 atom stereocenters.